The van der Waals surface area contributed by atoms with Crippen LogP contribution in [0.3, 0.4) is 0 Å². The summed E-state index contributed by atoms with van der Waals surface area (Å²) in [5.41, 5.74) is 0. The maximum Gasteiger partial charge on any atom is 0.102 e. The molecule has 0 aliphatic rings. The van der Waals surface area contributed by atoms with Gasteiger partial charge in [0.1, 0.15) is 6.10 Å². The summed E-state index contributed by atoms with van der Waals surface area (Å²) in [4.78, 5) is 0. The van der Waals surface area contributed by atoms with Crippen molar-refractivity contribution in [2.75, 3.05) is 20.3 Å². The lowest BCUT2D eigenvalue weighted by molar-refractivity contribution is 0.0569. The molecule has 0 aliphatic carbocycles. The lowest BCUT2D eigenvalue weighted by Crippen LogP contribution is -2.16. The Labute approximate surface area is 58.8 Å². The third-order valence-electron chi connectivity index (χ3n) is 0.466. The molecule has 0 fully saturated rings. The highest BCUT2D eigenvalue weighted by Gasteiger charge is 1.98. The molecule has 0 bridgehead atoms. The first-order valence-electron chi connectivity index (χ1n) is 2.28. The molecule has 0 saturated heterocycles. The largest absolute Gasteiger partial charge is 0.400 e. The van der Waals surface area contributed by atoms with E-state index in [1.807, 2.05) is 0 Å². The van der Waals surface area contributed by atoms with E-state index in [1.54, 1.807) is 0 Å². The zero-order valence-corrected chi connectivity index (χ0v) is 5.88. The van der Waals surface area contributed by atoms with Gasteiger partial charge in [-0.3, -0.25) is 4.29 Å². The quantitative estimate of drug-likeness (QED) is 0.499. The number of aliphatic hydroxyl groups is 3. The fraction of sp³-hybridized carbons (Fsp3) is 1.00. The minimum Gasteiger partial charge on any atom is -0.400 e. The molecule has 9 heavy (non-hydrogen) atoms. The van der Waals surface area contributed by atoms with E-state index in [9.17, 15) is 0 Å². The first kappa shape index (κ1) is 11.9. The number of halogens is 1. The summed E-state index contributed by atoms with van der Waals surface area (Å²) < 4.78 is 3.96. The van der Waals surface area contributed by atoms with Crippen molar-refractivity contribution in [1.29, 1.82) is 0 Å². The van der Waals surface area contributed by atoms with Crippen LogP contribution in [0.2, 0.25) is 0 Å². The maximum atomic E-state index is 8.40. The van der Waals surface area contributed by atoms with Gasteiger partial charge in [-0.2, -0.15) is 0 Å². The van der Waals surface area contributed by atoms with Gasteiger partial charge in [0, 0.05) is 7.11 Å². The standard InChI is InChI=1S/C3H7ClO3.CH4O/c4-7-2-3(6)1-5;1-2/h3,5-6H,1-2H2;2H,1H3. The highest BCUT2D eigenvalue weighted by molar-refractivity contribution is 6.07. The zero-order valence-electron chi connectivity index (χ0n) is 5.12. The normalized spacial score (nSPS) is 11.7. The Balaban J connectivity index is 0. The third kappa shape index (κ3) is 11.6. The molecular weight excluding hydrogens is 147 g/mol. The number of hydrogen-bond donors (Lipinski definition) is 3. The molecule has 0 radical (unpaired) electrons. The second-order valence-electron chi connectivity index (χ2n) is 1.11. The van der Waals surface area contributed by atoms with Crippen LogP contribution in [0.5, 0.6) is 0 Å². The second-order valence-corrected chi connectivity index (χ2v) is 1.33. The number of rotatable bonds is 3. The minimum absolute atomic E-state index is 0.0297. The van der Waals surface area contributed by atoms with Crippen molar-refractivity contribution in [3.63, 3.8) is 0 Å². The highest BCUT2D eigenvalue weighted by atomic mass is 35.5. The molecule has 4 nitrogen and oxygen atoms in total. The van der Waals surface area contributed by atoms with Crippen LogP contribution in [0.15, 0.2) is 0 Å². The lowest BCUT2D eigenvalue weighted by Gasteiger charge is -1.99. The third-order valence-corrected chi connectivity index (χ3v) is 0.592. The zero-order chi connectivity index (χ0) is 7.70. The van der Waals surface area contributed by atoms with Crippen LogP contribution in [0, 0.1) is 0 Å². The molecule has 0 aliphatic heterocycles. The van der Waals surface area contributed by atoms with E-state index in [0.29, 0.717) is 0 Å². The van der Waals surface area contributed by atoms with E-state index >= 15 is 0 Å². The molecule has 0 aromatic heterocycles. The fourth-order valence-corrected chi connectivity index (χ4v) is 0.271. The van der Waals surface area contributed by atoms with Crippen molar-refractivity contribution < 1.29 is 19.6 Å². The molecular formula is C4H11ClO4. The number of hydrogen-bond acceptors (Lipinski definition) is 4. The minimum atomic E-state index is -0.850. The molecule has 0 saturated carbocycles. The van der Waals surface area contributed by atoms with Crippen LogP contribution in [0.25, 0.3) is 0 Å². The van der Waals surface area contributed by atoms with Crippen LogP contribution in [-0.4, -0.2) is 41.7 Å². The molecule has 0 aromatic rings. The molecule has 5 heteroatoms. The summed E-state index contributed by atoms with van der Waals surface area (Å²) in [6, 6.07) is 0. The van der Waals surface area contributed by atoms with Crippen molar-refractivity contribution in [3.8, 4) is 0 Å². The summed E-state index contributed by atoms with van der Waals surface area (Å²) in [6.45, 7) is -0.342. The van der Waals surface area contributed by atoms with Gasteiger partial charge < -0.3 is 15.3 Å². The average Bonchev–Trinajstić information content (AvgIpc) is 1.93. The van der Waals surface area contributed by atoms with Crippen molar-refractivity contribution in [2.45, 2.75) is 6.10 Å². The Hall–Kier alpha value is 0.130. The van der Waals surface area contributed by atoms with E-state index in [4.69, 9.17) is 27.2 Å². The van der Waals surface area contributed by atoms with E-state index in [-0.39, 0.29) is 13.2 Å². The Morgan fingerprint density at radius 1 is 1.56 bits per heavy atom. The molecule has 0 spiro atoms. The van der Waals surface area contributed by atoms with Gasteiger partial charge >= 0.3 is 0 Å². The fourth-order valence-electron chi connectivity index (χ4n) is 0.125. The second kappa shape index (κ2) is 11.0. The van der Waals surface area contributed by atoms with Gasteiger partial charge in [-0.15, -0.1) is 0 Å². The predicted octanol–water partition coefficient (Wildman–Crippen LogP) is -0.882. The first-order valence-corrected chi connectivity index (χ1v) is 2.59. The van der Waals surface area contributed by atoms with Gasteiger partial charge in [-0.1, -0.05) is 0 Å². The van der Waals surface area contributed by atoms with Gasteiger partial charge in [0.25, 0.3) is 0 Å². The topological polar surface area (TPSA) is 69.9 Å². The van der Waals surface area contributed by atoms with Crippen LogP contribution >= 0.6 is 11.9 Å². The first-order chi connectivity index (χ1) is 4.31. The molecule has 0 amide bonds. The summed E-state index contributed by atoms with van der Waals surface area (Å²) in [5, 5.41) is 23.5. The Bertz CT molecular complexity index is 43.5. The maximum absolute atomic E-state index is 8.40. The van der Waals surface area contributed by atoms with Gasteiger partial charge in [0.2, 0.25) is 0 Å². The van der Waals surface area contributed by atoms with Gasteiger partial charge in [-0.05, 0) is 0 Å². The van der Waals surface area contributed by atoms with Crippen molar-refractivity contribution in [2.24, 2.45) is 0 Å². The average molecular weight is 159 g/mol. The van der Waals surface area contributed by atoms with Gasteiger partial charge in [-0.25, -0.2) is 0 Å². The molecule has 0 heterocycles. The summed E-state index contributed by atoms with van der Waals surface area (Å²) in [6.07, 6.45) is -0.850. The van der Waals surface area contributed by atoms with E-state index in [0.717, 1.165) is 7.11 Å². The summed E-state index contributed by atoms with van der Waals surface area (Å²) in [5.74, 6) is 0. The Kier molecular flexibility index (Phi) is 14.5. The van der Waals surface area contributed by atoms with Crippen molar-refractivity contribution >= 4 is 11.9 Å². The lowest BCUT2D eigenvalue weighted by atomic mass is 10.4. The molecule has 1 unspecified atom stereocenters. The van der Waals surface area contributed by atoms with Crippen LogP contribution in [0.1, 0.15) is 0 Å². The SMILES string of the molecule is CO.OCC(O)COCl. The number of aliphatic hydroxyl groups excluding tert-OH is 3. The van der Waals surface area contributed by atoms with E-state index in [2.05, 4.69) is 4.29 Å². The van der Waals surface area contributed by atoms with Crippen molar-refractivity contribution in [1.82, 2.24) is 0 Å². The monoisotopic (exact) mass is 158 g/mol. The molecule has 58 valence electrons. The van der Waals surface area contributed by atoms with Crippen LogP contribution < -0.4 is 0 Å². The molecule has 0 aromatic carbocycles. The molecule has 3 N–H and O–H groups in total. The van der Waals surface area contributed by atoms with Gasteiger partial charge in [0.15, 0.2) is 0 Å². The summed E-state index contributed by atoms with van der Waals surface area (Å²) >= 11 is 4.70. The highest BCUT2D eigenvalue weighted by Crippen LogP contribution is 1.84. The smallest absolute Gasteiger partial charge is 0.102 e. The molecule has 0 rings (SSSR count). The predicted molar refractivity (Wildman–Crippen MR) is 33.0 cm³/mol. The van der Waals surface area contributed by atoms with Crippen molar-refractivity contribution in [3.05, 3.63) is 0 Å². The van der Waals surface area contributed by atoms with Gasteiger partial charge in [0.05, 0.1) is 25.1 Å². The molecule has 1 atom stereocenters. The van der Waals surface area contributed by atoms with Crippen LogP contribution in [-0.2, 0) is 4.29 Å². The Morgan fingerprint density at radius 3 is 2.11 bits per heavy atom. The summed E-state index contributed by atoms with van der Waals surface area (Å²) in [7, 11) is 1.00. The van der Waals surface area contributed by atoms with Crippen LogP contribution in [0.4, 0.5) is 0 Å². The Morgan fingerprint density at radius 2 is 2.00 bits per heavy atom. The van der Waals surface area contributed by atoms with E-state index in [1.165, 1.54) is 0 Å². The van der Waals surface area contributed by atoms with E-state index < -0.39 is 6.10 Å².